The number of nitrogens with two attached hydrogens (primary N) is 1. The Morgan fingerprint density at radius 3 is 2.26 bits per heavy atom. The Kier molecular flexibility index (Phi) is 6.95. The lowest BCUT2D eigenvalue weighted by molar-refractivity contribution is -0.122. The Hall–Kier alpha value is -3.34. The summed E-state index contributed by atoms with van der Waals surface area (Å²) in [7, 11) is 0. The van der Waals surface area contributed by atoms with Gasteiger partial charge in [0.15, 0.2) is 11.6 Å². The molecule has 0 spiro atoms. The van der Waals surface area contributed by atoms with Crippen LogP contribution in [0.4, 0.5) is 4.39 Å². The molecule has 2 aromatic carbocycles. The summed E-state index contributed by atoms with van der Waals surface area (Å²) in [5.41, 5.74) is 7.75. The van der Waals surface area contributed by atoms with E-state index in [1.807, 2.05) is 13.0 Å². The van der Waals surface area contributed by atoms with Gasteiger partial charge in [-0.2, -0.15) is 0 Å². The molecule has 4 nitrogen and oxygen atoms in total. The highest BCUT2D eigenvalue weighted by atomic mass is 19.1. The molecule has 2 N–H and O–H groups in total. The fraction of sp³-hybridized carbons (Fsp3) is 0.269. The third-order valence-electron chi connectivity index (χ3n) is 5.78. The van der Waals surface area contributed by atoms with Crippen LogP contribution in [-0.2, 0) is 9.59 Å². The van der Waals surface area contributed by atoms with Crippen LogP contribution >= 0.6 is 0 Å². The molecule has 5 heteroatoms. The van der Waals surface area contributed by atoms with Crippen molar-refractivity contribution in [3.63, 3.8) is 0 Å². The van der Waals surface area contributed by atoms with E-state index in [1.54, 1.807) is 43.3 Å². The first kappa shape index (κ1) is 22.3. The number of Topliss-reactive ketones (excluding diaryl/α,β-unsaturated/α-hetero) is 2. The Labute approximate surface area is 181 Å². The third-order valence-corrected chi connectivity index (χ3v) is 5.78. The van der Waals surface area contributed by atoms with Crippen LogP contribution in [0.1, 0.15) is 48.5 Å². The minimum atomic E-state index is -0.854. The van der Waals surface area contributed by atoms with Crippen molar-refractivity contribution >= 4 is 17.5 Å². The first-order chi connectivity index (χ1) is 14.8. The molecule has 0 radical (unpaired) electrons. The average Bonchev–Trinajstić information content (AvgIpc) is 2.76. The van der Waals surface area contributed by atoms with Gasteiger partial charge in [0.25, 0.3) is 0 Å². The molecule has 0 heterocycles. The zero-order valence-corrected chi connectivity index (χ0v) is 17.7. The van der Waals surface area contributed by atoms with Gasteiger partial charge in [-0.25, -0.2) is 4.39 Å². The van der Waals surface area contributed by atoms with Gasteiger partial charge in [0.1, 0.15) is 5.82 Å². The number of ketones is 2. The van der Waals surface area contributed by atoms with Crippen LogP contribution in [-0.4, -0.2) is 17.5 Å². The molecule has 0 aromatic heterocycles. The van der Waals surface area contributed by atoms with Gasteiger partial charge >= 0.3 is 0 Å². The molecule has 1 amide bonds. The number of benzene rings is 2. The number of primary amides is 1. The summed E-state index contributed by atoms with van der Waals surface area (Å²) in [5, 5.41) is 0. The highest BCUT2D eigenvalue weighted by Crippen LogP contribution is 2.41. The summed E-state index contributed by atoms with van der Waals surface area (Å²) in [6.07, 6.45) is 4.64. The molecule has 3 atom stereocenters. The SMILES string of the molecule is CCCC(C(N)=O)C1=CC=C(C)C(=O)C1C(C(=O)c1ccc(F)cc1)c1ccccc1. The van der Waals surface area contributed by atoms with Crippen LogP contribution in [0.25, 0.3) is 0 Å². The maximum Gasteiger partial charge on any atom is 0.224 e. The molecule has 31 heavy (non-hydrogen) atoms. The van der Waals surface area contributed by atoms with Gasteiger partial charge in [-0.3, -0.25) is 14.4 Å². The predicted molar refractivity (Wildman–Crippen MR) is 118 cm³/mol. The summed E-state index contributed by atoms with van der Waals surface area (Å²) in [5.74, 6) is -3.82. The Morgan fingerprint density at radius 2 is 1.68 bits per heavy atom. The maximum absolute atomic E-state index is 13.7. The van der Waals surface area contributed by atoms with Crippen LogP contribution < -0.4 is 5.73 Å². The normalized spacial score (nSPS) is 18.0. The van der Waals surface area contributed by atoms with Gasteiger partial charge in [-0.15, -0.1) is 0 Å². The number of carbonyl (C=O) groups is 3. The number of hydrogen-bond acceptors (Lipinski definition) is 3. The van der Waals surface area contributed by atoms with Gasteiger partial charge in [0, 0.05) is 5.56 Å². The monoisotopic (exact) mass is 419 g/mol. The van der Waals surface area contributed by atoms with Crippen molar-refractivity contribution in [1.82, 2.24) is 0 Å². The van der Waals surface area contributed by atoms with Crippen molar-refractivity contribution in [3.05, 3.63) is 94.8 Å². The van der Waals surface area contributed by atoms with Crippen molar-refractivity contribution in [2.24, 2.45) is 17.6 Å². The van der Waals surface area contributed by atoms with Crippen molar-refractivity contribution in [1.29, 1.82) is 0 Å². The lowest BCUT2D eigenvalue weighted by atomic mass is 9.68. The van der Waals surface area contributed by atoms with Gasteiger partial charge in [0.2, 0.25) is 5.91 Å². The number of rotatable bonds is 8. The number of hydrogen-bond donors (Lipinski definition) is 1. The molecule has 1 aliphatic rings. The van der Waals surface area contributed by atoms with E-state index in [9.17, 15) is 18.8 Å². The summed E-state index contributed by atoms with van der Waals surface area (Å²) in [6.45, 7) is 3.64. The summed E-state index contributed by atoms with van der Waals surface area (Å²) in [6, 6.07) is 14.3. The summed E-state index contributed by atoms with van der Waals surface area (Å²) < 4.78 is 13.5. The molecule has 3 rings (SSSR count). The topological polar surface area (TPSA) is 77.2 Å². The Morgan fingerprint density at radius 1 is 1.03 bits per heavy atom. The highest BCUT2D eigenvalue weighted by Gasteiger charge is 2.42. The molecule has 0 saturated carbocycles. The predicted octanol–water partition coefficient (Wildman–Crippen LogP) is 4.77. The molecular weight excluding hydrogens is 393 g/mol. The molecule has 0 fully saturated rings. The van der Waals surface area contributed by atoms with Crippen molar-refractivity contribution in [2.45, 2.75) is 32.6 Å². The van der Waals surface area contributed by atoms with E-state index in [0.717, 1.165) is 0 Å². The third kappa shape index (κ3) is 4.71. The molecule has 0 saturated heterocycles. The minimum absolute atomic E-state index is 0.204. The van der Waals surface area contributed by atoms with Crippen molar-refractivity contribution in [2.75, 3.05) is 0 Å². The number of carbonyl (C=O) groups excluding carboxylic acids is 3. The van der Waals surface area contributed by atoms with Crippen LogP contribution in [0.3, 0.4) is 0 Å². The van der Waals surface area contributed by atoms with Crippen LogP contribution in [0.5, 0.6) is 0 Å². The Bertz CT molecular complexity index is 1040. The fourth-order valence-electron chi connectivity index (χ4n) is 4.19. The zero-order valence-electron chi connectivity index (χ0n) is 17.7. The van der Waals surface area contributed by atoms with Crippen molar-refractivity contribution < 1.29 is 18.8 Å². The molecule has 2 aromatic rings. The second-order valence-corrected chi connectivity index (χ2v) is 7.86. The lowest BCUT2D eigenvalue weighted by Gasteiger charge is -2.33. The van der Waals surface area contributed by atoms with E-state index < -0.39 is 29.5 Å². The van der Waals surface area contributed by atoms with Gasteiger partial charge in [-0.05, 0) is 54.3 Å². The summed E-state index contributed by atoms with van der Waals surface area (Å²) >= 11 is 0. The van der Waals surface area contributed by atoms with Gasteiger partial charge in [0.05, 0.1) is 17.8 Å². The quantitative estimate of drug-likeness (QED) is 0.627. The largest absolute Gasteiger partial charge is 0.369 e. The zero-order chi connectivity index (χ0) is 22.5. The molecular formula is C26H26FNO3. The Balaban J connectivity index is 2.17. The highest BCUT2D eigenvalue weighted by molar-refractivity contribution is 6.09. The van der Waals surface area contributed by atoms with Crippen molar-refractivity contribution in [3.8, 4) is 0 Å². The van der Waals surface area contributed by atoms with Crippen LogP contribution in [0, 0.1) is 17.7 Å². The average molecular weight is 419 g/mol. The summed E-state index contributed by atoms with van der Waals surface area (Å²) in [4.78, 5) is 39.3. The van der Waals surface area contributed by atoms with E-state index in [4.69, 9.17) is 5.73 Å². The van der Waals surface area contributed by atoms with Gasteiger partial charge in [-0.1, -0.05) is 55.8 Å². The first-order valence-corrected chi connectivity index (χ1v) is 10.4. The molecule has 1 aliphatic carbocycles. The first-order valence-electron chi connectivity index (χ1n) is 10.4. The standard InChI is InChI=1S/C26H26FNO3/c1-3-7-21(26(28)31)20-15-10-16(2)24(29)23(20)22(17-8-5-4-6-9-17)25(30)18-11-13-19(27)14-12-18/h4-6,8-15,21-23H,3,7H2,1-2H3,(H2,28,31). The molecule has 0 aliphatic heterocycles. The number of allylic oxidation sites excluding steroid dienone is 3. The van der Waals surface area contributed by atoms with E-state index >= 15 is 0 Å². The fourth-order valence-corrected chi connectivity index (χ4v) is 4.19. The smallest absolute Gasteiger partial charge is 0.224 e. The lowest BCUT2D eigenvalue weighted by Crippen LogP contribution is -2.37. The second kappa shape index (κ2) is 9.65. The van der Waals surface area contributed by atoms with E-state index in [1.165, 1.54) is 24.3 Å². The molecule has 3 unspecified atom stereocenters. The van der Waals surface area contributed by atoms with E-state index in [-0.39, 0.29) is 11.6 Å². The molecule has 160 valence electrons. The molecule has 0 bridgehead atoms. The van der Waals surface area contributed by atoms with Crippen LogP contribution in [0.15, 0.2) is 77.9 Å². The second-order valence-electron chi connectivity index (χ2n) is 7.86. The maximum atomic E-state index is 13.7. The minimum Gasteiger partial charge on any atom is -0.369 e. The van der Waals surface area contributed by atoms with Gasteiger partial charge < -0.3 is 5.73 Å². The number of halogens is 1. The number of amides is 1. The van der Waals surface area contributed by atoms with E-state index in [0.29, 0.717) is 35.1 Å². The van der Waals surface area contributed by atoms with Crippen LogP contribution in [0.2, 0.25) is 0 Å². The van der Waals surface area contributed by atoms with E-state index in [2.05, 4.69) is 0 Å².